The molecule has 9 bridgehead atoms. The average Bonchev–Trinajstić information content (AvgIpc) is 3.16. The van der Waals surface area contributed by atoms with Crippen molar-refractivity contribution in [1.82, 2.24) is 4.90 Å². The molecule has 13 atom stereocenters. The molecule has 3 saturated heterocycles. The summed E-state index contributed by atoms with van der Waals surface area (Å²) in [5.41, 5.74) is -1.40. The van der Waals surface area contributed by atoms with Gasteiger partial charge < -0.3 is 19.3 Å². The van der Waals surface area contributed by atoms with Crippen LogP contribution in [0, 0.1) is 39.9 Å². The van der Waals surface area contributed by atoms with E-state index in [1.54, 1.807) is 0 Å². The van der Waals surface area contributed by atoms with Gasteiger partial charge in [-0.3, -0.25) is 19.3 Å². The fraction of sp³-hybridized carbons (Fsp3) is 0.821. The maximum absolute atomic E-state index is 12.9. The number of esters is 3. The van der Waals surface area contributed by atoms with Crippen LogP contribution >= 0.6 is 0 Å². The predicted molar refractivity (Wildman–Crippen MR) is 126 cm³/mol. The lowest BCUT2D eigenvalue weighted by atomic mass is 9.39. The molecule has 0 aromatic carbocycles. The summed E-state index contributed by atoms with van der Waals surface area (Å²) < 4.78 is 18.2. The van der Waals surface area contributed by atoms with E-state index >= 15 is 0 Å². The van der Waals surface area contributed by atoms with E-state index in [-0.39, 0.29) is 41.3 Å². The van der Waals surface area contributed by atoms with Gasteiger partial charge in [-0.1, -0.05) is 32.9 Å². The third-order valence-corrected chi connectivity index (χ3v) is 11.6. The molecule has 8 heteroatoms. The number of hydrogen-bond donors (Lipinski definition) is 1. The predicted octanol–water partition coefficient (Wildman–Crippen LogP) is 2.23. The second-order valence-electron chi connectivity index (χ2n) is 13.6. The molecule has 0 aromatic heterocycles. The van der Waals surface area contributed by atoms with Gasteiger partial charge in [0.2, 0.25) is 0 Å². The molecular formula is C28H37NO7. The normalized spacial score (nSPS) is 56.3. The van der Waals surface area contributed by atoms with Gasteiger partial charge in [-0.2, -0.15) is 0 Å². The van der Waals surface area contributed by atoms with Crippen LogP contribution < -0.4 is 0 Å². The Morgan fingerprint density at radius 3 is 2.39 bits per heavy atom. The topological polar surface area (TPSA) is 102 Å². The Morgan fingerprint density at radius 1 is 1.06 bits per heavy atom. The zero-order valence-corrected chi connectivity index (χ0v) is 21.8. The van der Waals surface area contributed by atoms with E-state index in [1.807, 2.05) is 13.8 Å². The summed E-state index contributed by atoms with van der Waals surface area (Å²) in [6.07, 6.45) is 1.28. The highest BCUT2D eigenvalue weighted by Crippen LogP contribution is 2.88. The molecule has 36 heavy (non-hydrogen) atoms. The van der Waals surface area contributed by atoms with Crippen LogP contribution in [-0.4, -0.2) is 70.5 Å². The largest absolute Gasteiger partial charge is 0.462 e. The molecule has 9 rings (SSSR count). The van der Waals surface area contributed by atoms with E-state index in [9.17, 15) is 19.5 Å². The minimum atomic E-state index is -1.26. The molecule has 0 aromatic rings. The van der Waals surface area contributed by atoms with Crippen molar-refractivity contribution < 1.29 is 33.7 Å². The minimum absolute atomic E-state index is 0.0647. The summed E-state index contributed by atoms with van der Waals surface area (Å²) in [6, 6.07) is 0.0876. The SMILES string of the molecule is C=C1C[C@@]23C[C@H]4[C@@H]5[C@@]6(C)C[C@H](OC(=O)C(C)C)C[C@@]57[C@@H]2[C@H](OC(C)=O)[C@@H]1[C@H](OC(C)=O)[C@@]3(O)[C@H]7N4C6. The number of aliphatic hydroxyl groups is 1. The lowest BCUT2D eigenvalue weighted by molar-refractivity contribution is -0.287. The summed E-state index contributed by atoms with van der Waals surface area (Å²) in [5, 5.41) is 12.9. The van der Waals surface area contributed by atoms with Crippen LogP contribution in [-0.2, 0) is 28.6 Å². The smallest absolute Gasteiger partial charge is 0.308 e. The molecule has 9 aliphatic rings. The zero-order valence-electron chi connectivity index (χ0n) is 21.8. The van der Waals surface area contributed by atoms with Crippen LogP contribution in [0.4, 0.5) is 0 Å². The number of hydrogen-bond acceptors (Lipinski definition) is 8. The monoisotopic (exact) mass is 499 g/mol. The quantitative estimate of drug-likeness (QED) is 0.357. The third-order valence-electron chi connectivity index (χ3n) is 11.6. The van der Waals surface area contributed by atoms with Crippen LogP contribution in [0.15, 0.2) is 12.2 Å². The molecule has 3 heterocycles. The molecule has 0 amide bonds. The molecule has 0 radical (unpaired) electrons. The fourth-order valence-electron chi connectivity index (χ4n) is 11.6. The minimum Gasteiger partial charge on any atom is -0.462 e. The summed E-state index contributed by atoms with van der Waals surface area (Å²) in [5.74, 6) is -1.48. The van der Waals surface area contributed by atoms with Crippen molar-refractivity contribution in [1.29, 1.82) is 0 Å². The van der Waals surface area contributed by atoms with E-state index in [0.29, 0.717) is 24.8 Å². The number of carbonyl (C=O) groups is 3. The lowest BCUT2D eigenvalue weighted by Crippen LogP contribution is -2.77. The van der Waals surface area contributed by atoms with Crippen molar-refractivity contribution in [3.8, 4) is 0 Å². The van der Waals surface area contributed by atoms with Gasteiger partial charge in [0, 0.05) is 49.2 Å². The Morgan fingerprint density at radius 2 is 1.75 bits per heavy atom. The Balaban J connectivity index is 1.43. The Bertz CT molecular complexity index is 1120. The maximum atomic E-state index is 12.9. The third kappa shape index (κ3) is 2.22. The van der Waals surface area contributed by atoms with Crippen LogP contribution in [0.5, 0.6) is 0 Å². The van der Waals surface area contributed by atoms with Crippen molar-refractivity contribution in [2.45, 2.75) is 96.3 Å². The molecule has 6 saturated carbocycles. The highest BCUT2D eigenvalue weighted by atomic mass is 16.6. The van der Waals surface area contributed by atoms with Gasteiger partial charge in [-0.15, -0.1) is 0 Å². The van der Waals surface area contributed by atoms with Gasteiger partial charge in [0.05, 0.1) is 11.8 Å². The standard InChI is InChI=1S/C28H37NO7/c1-12(2)23(32)36-16-8-25(6)11-29-17-10-26-7-13(3)18-19(34-14(4)30)21(26)27(9-16,20(17)25)24(29)28(26,33)22(18)35-15(5)31/h12,16-22,24,33H,3,7-11H2,1-2,4-6H3/t16-,17-,18+,19+,20+,21+,22-,24-,25-,26+,27-,28+/m0/s1. The fourth-order valence-corrected chi connectivity index (χ4v) is 11.6. The number of fused-ring (bicyclic) bond motifs is 1. The van der Waals surface area contributed by atoms with Crippen LogP contribution in [0.3, 0.4) is 0 Å². The first kappa shape index (κ1) is 23.2. The highest BCUT2D eigenvalue weighted by Gasteiger charge is 2.96. The van der Waals surface area contributed by atoms with Crippen molar-refractivity contribution in [3.63, 3.8) is 0 Å². The van der Waals surface area contributed by atoms with E-state index in [1.165, 1.54) is 13.8 Å². The van der Waals surface area contributed by atoms with Gasteiger partial charge in [0.25, 0.3) is 0 Å². The molecule has 196 valence electrons. The number of piperidine rings is 2. The van der Waals surface area contributed by atoms with E-state index in [4.69, 9.17) is 14.2 Å². The molecule has 6 aliphatic carbocycles. The summed E-state index contributed by atoms with van der Waals surface area (Å²) in [7, 11) is 0. The molecular weight excluding hydrogens is 462 g/mol. The molecule has 2 spiro atoms. The number of nitrogens with zero attached hydrogens (tertiary/aromatic N) is 1. The number of carbonyl (C=O) groups excluding carboxylic acids is 3. The first-order valence-electron chi connectivity index (χ1n) is 13.5. The average molecular weight is 500 g/mol. The number of rotatable bonds is 4. The van der Waals surface area contributed by atoms with Crippen LogP contribution in [0.25, 0.3) is 0 Å². The van der Waals surface area contributed by atoms with Gasteiger partial charge in [-0.25, -0.2) is 0 Å². The van der Waals surface area contributed by atoms with E-state index < -0.39 is 40.5 Å². The molecule has 1 N–H and O–H groups in total. The molecule has 8 nitrogen and oxygen atoms in total. The maximum Gasteiger partial charge on any atom is 0.308 e. The van der Waals surface area contributed by atoms with Crippen molar-refractivity contribution in [2.75, 3.05) is 6.54 Å². The summed E-state index contributed by atoms with van der Waals surface area (Å²) >= 11 is 0. The van der Waals surface area contributed by atoms with Crippen LogP contribution in [0.2, 0.25) is 0 Å². The highest BCUT2D eigenvalue weighted by molar-refractivity contribution is 5.72. The van der Waals surface area contributed by atoms with Gasteiger partial charge in [0.15, 0.2) is 0 Å². The van der Waals surface area contributed by atoms with Crippen molar-refractivity contribution in [3.05, 3.63) is 12.2 Å². The van der Waals surface area contributed by atoms with Gasteiger partial charge in [0.1, 0.15) is 23.9 Å². The molecule has 1 unspecified atom stereocenters. The second-order valence-corrected chi connectivity index (χ2v) is 13.6. The Labute approximate surface area is 211 Å². The van der Waals surface area contributed by atoms with Crippen LogP contribution in [0.1, 0.15) is 60.3 Å². The molecule has 3 aliphatic heterocycles. The molecule has 9 fully saturated rings. The number of ether oxygens (including phenoxy) is 3. The first-order chi connectivity index (χ1) is 16.8. The van der Waals surface area contributed by atoms with Crippen molar-refractivity contribution in [2.24, 2.45) is 39.9 Å². The summed E-state index contributed by atoms with van der Waals surface area (Å²) in [4.78, 5) is 40.0. The second kappa shape index (κ2) is 6.55. The van der Waals surface area contributed by atoms with E-state index in [0.717, 1.165) is 25.0 Å². The zero-order chi connectivity index (χ0) is 25.7. The van der Waals surface area contributed by atoms with Gasteiger partial charge >= 0.3 is 17.9 Å². The summed E-state index contributed by atoms with van der Waals surface area (Å²) in [6.45, 7) is 14.0. The first-order valence-corrected chi connectivity index (χ1v) is 13.5. The Kier molecular flexibility index (Phi) is 4.22. The Hall–Kier alpha value is -1.93. The van der Waals surface area contributed by atoms with Crippen molar-refractivity contribution >= 4 is 17.9 Å². The van der Waals surface area contributed by atoms with E-state index in [2.05, 4.69) is 18.4 Å². The lowest BCUT2D eigenvalue weighted by Gasteiger charge is -2.68. The van der Waals surface area contributed by atoms with Gasteiger partial charge in [-0.05, 0) is 37.0 Å².